The van der Waals surface area contributed by atoms with Crippen LogP contribution in [0.2, 0.25) is 0 Å². The number of aryl methyl sites for hydroxylation is 1. The van der Waals surface area contributed by atoms with E-state index in [1.807, 2.05) is 26.8 Å². The van der Waals surface area contributed by atoms with Crippen LogP contribution in [-0.2, 0) is 5.67 Å². The Balaban J connectivity index is 1.42. The number of amides is 2. The smallest absolute Gasteiger partial charge is 0.257 e. The quantitative estimate of drug-likeness (QED) is 0.502. The summed E-state index contributed by atoms with van der Waals surface area (Å²) < 4.78 is 15.5. The third-order valence-corrected chi connectivity index (χ3v) is 6.39. The number of nitriles is 1. The number of nitrogens with one attached hydrogen (secondary N) is 2. The van der Waals surface area contributed by atoms with Crippen LogP contribution in [0.4, 0.5) is 15.9 Å². The highest BCUT2D eigenvalue weighted by molar-refractivity contribution is 6.05. The van der Waals surface area contributed by atoms with Gasteiger partial charge in [-0.15, -0.1) is 0 Å². The molecule has 0 atom stereocenters. The summed E-state index contributed by atoms with van der Waals surface area (Å²) in [7, 11) is 0. The minimum atomic E-state index is -1.65. The number of alkyl halides is 1. The van der Waals surface area contributed by atoms with Gasteiger partial charge in [0.2, 0.25) is 0 Å². The number of pyridine rings is 2. The van der Waals surface area contributed by atoms with Crippen molar-refractivity contribution in [1.82, 2.24) is 14.9 Å². The number of aromatic nitrogens is 2. The third-order valence-electron chi connectivity index (χ3n) is 6.39. The molecule has 4 rings (SSSR count). The van der Waals surface area contributed by atoms with Gasteiger partial charge in [-0.2, -0.15) is 5.26 Å². The van der Waals surface area contributed by atoms with Crippen molar-refractivity contribution in [2.45, 2.75) is 45.3 Å². The first-order valence-corrected chi connectivity index (χ1v) is 12.2. The number of carbonyl (C=O) groups is 2. The molecular formula is C28H29FN6O2. The average molecular weight is 501 g/mol. The van der Waals surface area contributed by atoms with Gasteiger partial charge in [0, 0.05) is 55.6 Å². The fourth-order valence-electron chi connectivity index (χ4n) is 4.22. The Morgan fingerprint density at radius 3 is 2.38 bits per heavy atom. The van der Waals surface area contributed by atoms with Gasteiger partial charge in [-0.05, 0) is 62.7 Å². The lowest BCUT2D eigenvalue weighted by Crippen LogP contribution is -2.43. The van der Waals surface area contributed by atoms with Crippen LogP contribution >= 0.6 is 0 Å². The number of halogens is 1. The first-order chi connectivity index (χ1) is 17.7. The lowest BCUT2D eigenvalue weighted by Gasteiger charge is -2.36. The fraction of sp³-hybridized carbons (Fsp3) is 0.321. The highest BCUT2D eigenvalue weighted by Gasteiger charge is 2.39. The lowest BCUT2D eigenvalue weighted by atomic mass is 9.89. The molecule has 0 saturated carbocycles. The molecule has 37 heavy (non-hydrogen) atoms. The van der Waals surface area contributed by atoms with Gasteiger partial charge in [-0.1, -0.05) is 6.07 Å². The second kappa shape index (κ2) is 10.7. The summed E-state index contributed by atoms with van der Waals surface area (Å²) in [5.41, 5.74) is 1.16. The number of rotatable bonds is 6. The minimum absolute atomic E-state index is 0.113. The largest absolute Gasteiger partial charge is 0.368 e. The molecule has 0 unspecified atom stereocenters. The normalized spacial score (nSPS) is 14.6. The van der Waals surface area contributed by atoms with Gasteiger partial charge in [0.25, 0.3) is 11.8 Å². The van der Waals surface area contributed by atoms with Crippen LogP contribution < -0.4 is 10.6 Å². The SMILES string of the molecule is Cc1ccc(C(=O)N2CCC(F)(c3ccc(C#N)cn3)CC2)cc1NC(=O)c1ccc(NC(C)C)nc1. The van der Waals surface area contributed by atoms with E-state index < -0.39 is 5.67 Å². The maximum Gasteiger partial charge on any atom is 0.257 e. The van der Waals surface area contributed by atoms with Crippen LogP contribution in [0.1, 0.15) is 64.2 Å². The highest BCUT2D eigenvalue weighted by Crippen LogP contribution is 2.36. The molecule has 1 aliphatic heterocycles. The van der Waals surface area contributed by atoms with E-state index in [1.165, 1.54) is 18.5 Å². The van der Waals surface area contributed by atoms with Crippen LogP contribution in [0.15, 0.2) is 54.9 Å². The molecule has 2 amide bonds. The second-order valence-electron chi connectivity index (χ2n) is 9.52. The highest BCUT2D eigenvalue weighted by atomic mass is 19.1. The van der Waals surface area contributed by atoms with E-state index in [0.29, 0.717) is 28.2 Å². The van der Waals surface area contributed by atoms with E-state index in [0.717, 1.165) is 5.56 Å². The Bertz CT molecular complexity index is 1320. The standard InChI is InChI=1S/C28H29FN6O2/c1-18(2)33-25-9-7-22(17-32-25)26(36)34-23-14-21(6-4-19(23)3)27(37)35-12-10-28(29,11-13-35)24-8-5-20(15-30)16-31-24/h4-9,14,16-18H,10-13H2,1-3H3,(H,32,33)(H,34,36). The summed E-state index contributed by atoms with van der Waals surface area (Å²) in [6.45, 7) is 6.32. The van der Waals surface area contributed by atoms with Gasteiger partial charge in [0.05, 0.1) is 16.8 Å². The predicted octanol–water partition coefficient (Wildman–Crippen LogP) is 4.83. The number of piperidine rings is 1. The number of likely N-dealkylation sites (tertiary alicyclic amines) is 1. The number of hydrogen-bond acceptors (Lipinski definition) is 6. The molecule has 0 radical (unpaired) electrons. The molecule has 0 bridgehead atoms. The zero-order valence-corrected chi connectivity index (χ0v) is 21.1. The van der Waals surface area contributed by atoms with Gasteiger partial charge in [0.1, 0.15) is 11.9 Å². The van der Waals surface area contributed by atoms with Crippen LogP contribution in [-0.4, -0.2) is 45.8 Å². The molecule has 1 aromatic carbocycles. The molecule has 190 valence electrons. The maximum atomic E-state index is 15.5. The van der Waals surface area contributed by atoms with Gasteiger partial charge < -0.3 is 15.5 Å². The Morgan fingerprint density at radius 2 is 1.78 bits per heavy atom. The van der Waals surface area contributed by atoms with Crippen molar-refractivity contribution in [2.24, 2.45) is 0 Å². The van der Waals surface area contributed by atoms with Crippen LogP contribution in [0.25, 0.3) is 0 Å². The molecule has 2 N–H and O–H groups in total. The van der Waals surface area contributed by atoms with Crippen molar-refractivity contribution in [2.75, 3.05) is 23.7 Å². The molecule has 0 aliphatic carbocycles. The summed E-state index contributed by atoms with van der Waals surface area (Å²) in [5.74, 6) is 0.131. The topological polar surface area (TPSA) is 111 Å². The van der Waals surface area contributed by atoms with E-state index >= 15 is 4.39 Å². The van der Waals surface area contributed by atoms with E-state index in [4.69, 9.17) is 5.26 Å². The van der Waals surface area contributed by atoms with E-state index in [9.17, 15) is 9.59 Å². The molecule has 3 heterocycles. The second-order valence-corrected chi connectivity index (χ2v) is 9.52. The lowest BCUT2D eigenvalue weighted by molar-refractivity contribution is 0.0402. The monoisotopic (exact) mass is 500 g/mol. The van der Waals surface area contributed by atoms with Crippen molar-refractivity contribution in [3.8, 4) is 6.07 Å². The van der Waals surface area contributed by atoms with E-state index in [-0.39, 0.29) is 49.5 Å². The Morgan fingerprint density at radius 1 is 1.05 bits per heavy atom. The third kappa shape index (κ3) is 5.92. The zero-order chi connectivity index (χ0) is 26.6. The molecule has 9 heteroatoms. The molecule has 1 saturated heterocycles. The molecule has 1 fully saturated rings. The van der Waals surface area contributed by atoms with Crippen molar-refractivity contribution < 1.29 is 14.0 Å². The molecule has 3 aromatic rings. The van der Waals surface area contributed by atoms with Crippen molar-refractivity contribution in [3.63, 3.8) is 0 Å². The Labute approximate surface area is 215 Å². The summed E-state index contributed by atoms with van der Waals surface area (Å²) in [6.07, 6.45) is 3.09. The van der Waals surface area contributed by atoms with Gasteiger partial charge in [0.15, 0.2) is 5.67 Å². The summed E-state index contributed by atoms with van der Waals surface area (Å²) in [5, 5.41) is 15.0. The Hall–Kier alpha value is -4.32. The average Bonchev–Trinajstić information content (AvgIpc) is 2.90. The Kier molecular flexibility index (Phi) is 7.48. The number of nitrogens with zero attached hydrogens (tertiary/aromatic N) is 4. The van der Waals surface area contributed by atoms with Gasteiger partial charge in [-0.25, -0.2) is 9.37 Å². The first kappa shape index (κ1) is 25.8. The van der Waals surface area contributed by atoms with Crippen molar-refractivity contribution >= 4 is 23.3 Å². The zero-order valence-electron chi connectivity index (χ0n) is 21.1. The molecular weight excluding hydrogens is 471 g/mol. The number of anilines is 2. The van der Waals surface area contributed by atoms with Crippen LogP contribution in [0, 0.1) is 18.3 Å². The fourth-order valence-corrected chi connectivity index (χ4v) is 4.22. The number of hydrogen-bond donors (Lipinski definition) is 2. The number of carbonyl (C=O) groups excluding carboxylic acids is 2. The number of benzene rings is 1. The molecule has 0 spiro atoms. The van der Waals surface area contributed by atoms with Gasteiger partial charge >= 0.3 is 0 Å². The summed E-state index contributed by atoms with van der Waals surface area (Å²) in [6, 6.07) is 13.9. The van der Waals surface area contributed by atoms with Crippen molar-refractivity contribution in [3.05, 3.63) is 82.8 Å². The summed E-state index contributed by atoms with van der Waals surface area (Å²) >= 11 is 0. The van der Waals surface area contributed by atoms with Crippen LogP contribution in [0.5, 0.6) is 0 Å². The van der Waals surface area contributed by atoms with Gasteiger partial charge in [-0.3, -0.25) is 14.6 Å². The summed E-state index contributed by atoms with van der Waals surface area (Å²) in [4.78, 5) is 36.0. The first-order valence-electron chi connectivity index (χ1n) is 12.2. The van der Waals surface area contributed by atoms with E-state index in [2.05, 4.69) is 20.6 Å². The van der Waals surface area contributed by atoms with E-state index in [1.54, 1.807) is 41.3 Å². The molecule has 2 aromatic heterocycles. The maximum absolute atomic E-state index is 15.5. The molecule has 1 aliphatic rings. The van der Waals surface area contributed by atoms with Crippen molar-refractivity contribution in [1.29, 1.82) is 5.26 Å². The predicted molar refractivity (Wildman–Crippen MR) is 139 cm³/mol. The van der Waals surface area contributed by atoms with Crippen LogP contribution in [0.3, 0.4) is 0 Å². The molecule has 8 nitrogen and oxygen atoms in total. The minimum Gasteiger partial charge on any atom is -0.368 e.